The number of furan rings is 1. The number of nitrogens with zero attached hydrogens (tertiary/aromatic N) is 1. The number of hydrogen-bond donors (Lipinski definition) is 0. The van der Waals surface area contributed by atoms with Gasteiger partial charge in [0, 0.05) is 10.9 Å². The van der Waals surface area contributed by atoms with E-state index in [0.29, 0.717) is 28.2 Å². The number of ether oxygens (including phenoxy) is 2. The molecule has 7 nitrogen and oxygen atoms in total. The Kier molecular flexibility index (Phi) is 5.10. The van der Waals surface area contributed by atoms with E-state index in [0.717, 1.165) is 5.56 Å². The fraction of sp³-hybridized carbons (Fsp3) is 0.174. The molecule has 0 aliphatic heterocycles. The summed E-state index contributed by atoms with van der Waals surface area (Å²) in [6, 6.07) is 14.1. The van der Waals surface area contributed by atoms with Gasteiger partial charge in [0.05, 0.1) is 12.3 Å². The third kappa shape index (κ3) is 3.45. The molecule has 7 heteroatoms. The van der Waals surface area contributed by atoms with Crippen molar-refractivity contribution in [3.63, 3.8) is 0 Å². The van der Waals surface area contributed by atoms with E-state index in [1.807, 2.05) is 30.3 Å². The summed E-state index contributed by atoms with van der Waals surface area (Å²) in [6.07, 6.45) is 0. The maximum atomic E-state index is 12.7. The van der Waals surface area contributed by atoms with E-state index in [4.69, 9.17) is 18.4 Å². The summed E-state index contributed by atoms with van der Waals surface area (Å²) in [5.74, 6) is -0.0588. The van der Waals surface area contributed by atoms with Crippen molar-refractivity contribution in [3.8, 4) is 17.1 Å². The SMILES string of the molecule is CCOC(=O)c1c(-c2ccccc2)oc2ccc(OC(=O)c3c(C)noc3C)cc12. The lowest BCUT2D eigenvalue weighted by molar-refractivity contribution is 0.0528. The lowest BCUT2D eigenvalue weighted by atomic mass is 10.1. The van der Waals surface area contributed by atoms with Crippen molar-refractivity contribution in [3.05, 3.63) is 71.1 Å². The van der Waals surface area contributed by atoms with Crippen LogP contribution in [0.3, 0.4) is 0 Å². The molecule has 0 saturated carbocycles. The van der Waals surface area contributed by atoms with E-state index in [-0.39, 0.29) is 23.5 Å². The zero-order chi connectivity index (χ0) is 21.3. The molecule has 0 spiro atoms. The van der Waals surface area contributed by atoms with Gasteiger partial charge < -0.3 is 18.4 Å². The molecule has 0 aliphatic carbocycles. The molecule has 2 aromatic heterocycles. The van der Waals surface area contributed by atoms with Crippen molar-refractivity contribution in [2.24, 2.45) is 0 Å². The number of rotatable bonds is 5. The van der Waals surface area contributed by atoms with E-state index >= 15 is 0 Å². The monoisotopic (exact) mass is 405 g/mol. The summed E-state index contributed by atoms with van der Waals surface area (Å²) in [7, 11) is 0. The van der Waals surface area contributed by atoms with Gasteiger partial charge in [-0.25, -0.2) is 9.59 Å². The highest BCUT2D eigenvalue weighted by Crippen LogP contribution is 2.36. The Balaban J connectivity index is 1.79. The van der Waals surface area contributed by atoms with Crippen LogP contribution in [-0.4, -0.2) is 23.7 Å². The number of esters is 2. The van der Waals surface area contributed by atoms with Crippen molar-refractivity contribution in [1.82, 2.24) is 5.16 Å². The molecule has 30 heavy (non-hydrogen) atoms. The number of fused-ring (bicyclic) bond motifs is 1. The number of aryl methyl sites for hydroxylation is 2. The van der Waals surface area contributed by atoms with Crippen molar-refractivity contribution in [1.29, 1.82) is 0 Å². The number of aromatic nitrogens is 1. The standard InChI is InChI=1S/C23H19NO6/c1-4-27-22(25)20-17-12-16(28-23(26)19-13(2)24-30-14(19)3)10-11-18(17)29-21(20)15-8-6-5-7-9-15/h5-12H,4H2,1-3H3. The van der Waals surface area contributed by atoms with E-state index < -0.39 is 11.9 Å². The first-order valence-electron chi connectivity index (χ1n) is 9.43. The Morgan fingerprint density at radius 2 is 1.77 bits per heavy atom. The minimum atomic E-state index is -0.588. The fourth-order valence-corrected chi connectivity index (χ4v) is 3.27. The first kappa shape index (κ1) is 19.4. The summed E-state index contributed by atoms with van der Waals surface area (Å²) in [5.41, 5.74) is 2.23. The van der Waals surface area contributed by atoms with Crippen LogP contribution in [0.4, 0.5) is 0 Å². The minimum Gasteiger partial charge on any atom is -0.462 e. The lowest BCUT2D eigenvalue weighted by Crippen LogP contribution is -2.10. The largest absolute Gasteiger partial charge is 0.462 e. The maximum Gasteiger partial charge on any atom is 0.349 e. The third-order valence-electron chi connectivity index (χ3n) is 4.62. The highest BCUT2D eigenvalue weighted by Gasteiger charge is 2.25. The predicted octanol–water partition coefficient (Wildman–Crippen LogP) is 5.10. The molecule has 2 heterocycles. The molecule has 152 valence electrons. The second-order valence-corrected chi connectivity index (χ2v) is 6.64. The van der Waals surface area contributed by atoms with Gasteiger partial charge in [0.15, 0.2) is 0 Å². The van der Waals surface area contributed by atoms with Gasteiger partial charge in [-0.3, -0.25) is 0 Å². The number of carbonyl (C=O) groups is 2. The van der Waals surface area contributed by atoms with E-state index in [1.54, 1.807) is 39.0 Å². The molecule has 0 fully saturated rings. The van der Waals surface area contributed by atoms with E-state index in [2.05, 4.69) is 5.16 Å². The van der Waals surface area contributed by atoms with Crippen molar-refractivity contribution in [2.45, 2.75) is 20.8 Å². The smallest absolute Gasteiger partial charge is 0.349 e. The van der Waals surface area contributed by atoms with Crippen LogP contribution in [0.1, 0.15) is 39.1 Å². The average molecular weight is 405 g/mol. The van der Waals surface area contributed by atoms with Crippen LogP contribution in [0.2, 0.25) is 0 Å². The van der Waals surface area contributed by atoms with Crippen LogP contribution in [-0.2, 0) is 4.74 Å². The van der Waals surface area contributed by atoms with Crippen molar-refractivity contribution < 1.29 is 28.0 Å². The van der Waals surface area contributed by atoms with Gasteiger partial charge in [-0.2, -0.15) is 0 Å². The first-order valence-corrected chi connectivity index (χ1v) is 9.43. The zero-order valence-corrected chi connectivity index (χ0v) is 16.7. The number of hydrogen-bond acceptors (Lipinski definition) is 7. The van der Waals surface area contributed by atoms with Crippen molar-refractivity contribution >= 4 is 22.9 Å². The lowest BCUT2D eigenvalue weighted by Gasteiger charge is -2.05. The van der Waals surface area contributed by atoms with Gasteiger partial charge in [0.2, 0.25) is 0 Å². The Labute approximate surface area is 172 Å². The summed E-state index contributed by atoms with van der Waals surface area (Å²) in [5, 5.41) is 4.27. The van der Waals surface area contributed by atoms with Gasteiger partial charge in [0.25, 0.3) is 0 Å². The van der Waals surface area contributed by atoms with Gasteiger partial charge in [0.1, 0.15) is 34.0 Å². The summed E-state index contributed by atoms with van der Waals surface area (Å²) >= 11 is 0. The minimum absolute atomic E-state index is 0.223. The first-order chi connectivity index (χ1) is 14.5. The molecule has 0 amide bonds. The van der Waals surface area contributed by atoms with Gasteiger partial charge >= 0.3 is 11.9 Å². The molecule has 0 saturated heterocycles. The molecule has 0 bridgehead atoms. The summed E-state index contributed by atoms with van der Waals surface area (Å²) in [6.45, 7) is 5.26. The van der Waals surface area contributed by atoms with Crippen molar-refractivity contribution in [2.75, 3.05) is 6.61 Å². The molecule has 2 aromatic carbocycles. The highest BCUT2D eigenvalue weighted by atomic mass is 16.5. The molecule has 4 rings (SSSR count). The Morgan fingerprint density at radius 1 is 1.00 bits per heavy atom. The van der Waals surface area contributed by atoms with Gasteiger partial charge in [-0.1, -0.05) is 35.5 Å². The van der Waals surface area contributed by atoms with Crippen LogP contribution in [0.25, 0.3) is 22.3 Å². The molecule has 0 N–H and O–H groups in total. The Morgan fingerprint density at radius 3 is 2.43 bits per heavy atom. The average Bonchev–Trinajstić information content (AvgIpc) is 3.28. The van der Waals surface area contributed by atoms with E-state index in [9.17, 15) is 9.59 Å². The molecule has 0 aliphatic rings. The molecule has 0 radical (unpaired) electrons. The molecular formula is C23H19NO6. The quantitative estimate of drug-likeness (QED) is 0.337. The van der Waals surface area contributed by atoms with Crippen LogP contribution in [0.5, 0.6) is 5.75 Å². The maximum absolute atomic E-state index is 12.7. The normalized spacial score (nSPS) is 10.9. The van der Waals surface area contributed by atoms with Gasteiger partial charge in [-0.05, 0) is 39.0 Å². The predicted molar refractivity (Wildman–Crippen MR) is 109 cm³/mol. The highest BCUT2D eigenvalue weighted by molar-refractivity contribution is 6.09. The molecule has 4 aromatic rings. The van der Waals surface area contributed by atoms with Crippen LogP contribution >= 0.6 is 0 Å². The third-order valence-corrected chi connectivity index (χ3v) is 4.62. The van der Waals surface area contributed by atoms with Crippen LogP contribution < -0.4 is 4.74 Å². The molecule has 0 atom stereocenters. The molecular weight excluding hydrogens is 386 g/mol. The topological polar surface area (TPSA) is 91.8 Å². The Bertz CT molecular complexity index is 1220. The zero-order valence-electron chi connectivity index (χ0n) is 16.7. The number of carbonyl (C=O) groups excluding carboxylic acids is 2. The Hall–Kier alpha value is -3.87. The van der Waals surface area contributed by atoms with Crippen LogP contribution in [0, 0.1) is 13.8 Å². The summed E-state index contributed by atoms with van der Waals surface area (Å²) < 4.78 is 21.7. The summed E-state index contributed by atoms with van der Waals surface area (Å²) in [4.78, 5) is 25.3. The van der Waals surface area contributed by atoms with Crippen LogP contribution in [0.15, 0.2) is 57.5 Å². The molecule has 0 unspecified atom stereocenters. The number of benzene rings is 2. The second-order valence-electron chi connectivity index (χ2n) is 6.64. The van der Waals surface area contributed by atoms with Gasteiger partial charge in [-0.15, -0.1) is 0 Å². The fourth-order valence-electron chi connectivity index (χ4n) is 3.27. The second kappa shape index (κ2) is 7.87. The van der Waals surface area contributed by atoms with E-state index in [1.165, 1.54) is 0 Å².